The fourth-order valence-corrected chi connectivity index (χ4v) is 9.10. The van der Waals surface area contributed by atoms with Crippen molar-refractivity contribution in [1.82, 2.24) is 40.0 Å². The number of hydrogen-bond acceptors (Lipinski definition) is 13. The van der Waals surface area contributed by atoms with E-state index in [1.54, 1.807) is 6.92 Å². The minimum Gasteiger partial charge on any atom is -0.474 e. The Labute approximate surface area is 549 Å². The Morgan fingerprint density at radius 3 is 1.44 bits per heavy atom. The first kappa shape index (κ1) is 80.5. The van der Waals surface area contributed by atoms with Gasteiger partial charge in [-0.25, -0.2) is 49.6 Å². The molecular weight excluding hydrogens is 1370 g/mol. The van der Waals surface area contributed by atoms with Crippen molar-refractivity contribution in [3.8, 4) is 28.8 Å². The molecule has 0 spiro atoms. The molecule has 7 heterocycles. The zero-order chi connectivity index (χ0) is 61.7. The first-order valence-electron chi connectivity index (χ1n) is 27.1. The van der Waals surface area contributed by atoms with Crippen LogP contribution in [0.1, 0.15) is 142 Å². The number of rotatable bonds is 8. The Hall–Kier alpha value is -4.59. The number of benzene rings is 2. The lowest BCUT2D eigenvalue weighted by Gasteiger charge is -2.32. The molecule has 3 saturated carbocycles. The van der Waals surface area contributed by atoms with Gasteiger partial charge in [0.05, 0.1) is 53.1 Å². The van der Waals surface area contributed by atoms with Crippen LogP contribution in [0, 0.1) is 23.3 Å². The van der Waals surface area contributed by atoms with Gasteiger partial charge in [0, 0.05) is 29.2 Å². The minimum absolute atomic E-state index is 0. The molecular formula is C58H84AlBBr2Cl2F7N9O9. The van der Waals surface area contributed by atoms with Crippen molar-refractivity contribution in [2.24, 2.45) is 5.73 Å². The maximum absolute atomic E-state index is 14.4. The van der Waals surface area contributed by atoms with Gasteiger partial charge in [-0.1, -0.05) is 60.3 Å². The third-order valence-corrected chi connectivity index (χ3v) is 15.1. The van der Waals surface area contributed by atoms with Crippen LogP contribution in [0.5, 0.6) is 17.6 Å². The number of fused-ring (bicyclic) bond motifs is 3. The lowest BCUT2D eigenvalue weighted by Crippen LogP contribution is -2.41. The lowest BCUT2D eigenvalue weighted by atomic mass is 9.78. The van der Waals surface area contributed by atoms with Gasteiger partial charge in [0.1, 0.15) is 52.0 Å². The van der Waals surface area contributed by atoms with Crippen molar-refractivity contribution in [2.45, 2.75) is 195 Å². The van der Waals surface area contributed by atoms with Gasteiger partial charge in [0.15, 0.2) is 35.6 Å². The maximum atomic E-state index is 14.4. The van der Waals surface area contributed by atoms with Crippen LogP contribution < -0.4 is 36.0 Å². The van der Waals surface area contributed by atoms with Gasteiger partial charge in [0.25, 0.3) is 26.0 Å². The molecule has 0 unspecified atom stereocenters. The second-order valence-corrected chi connectivity index (χ2v) is 28.0. The molecule has 2 amide bonds. The van der Waals surface area contributed by atoms with E-state index in [-0.39, 0.29) is 165 Å². The first-order valence-corrected chi connectivity index (χ1v) is 32.9. The summed E-state index contributed by atoms with van der Waals surface area (Å²) < 4.78 is 132. The summed E-state index contributed by atoms with van der Waals surface area (Å²) in [6.07, 6.45) is 2.78. The molecule has 3 atom stereocenters. The molecule has 31 heteroatoms. The number of esters is 1. The molecule has 3 aliphatic carbocycles. The highest BCUT2D eigenvalue weighted by Crippen LogP contribution is 2.41. The lowest BCUT2D eigenvalue weighted by molar-refractivity contribution is 0.00578. The average molecular weight is 1450 g/mol. The number of nitrogens with one attached hydrogen (secondary N) is 2. The van der Waals surface area contributed by atoms with Crippen molar-refractivity contribution >= 4 is 99.6 Å². The number of aromatic nitrogens is 6. The molecule has 5 aromatic rings. The Balaban J connectivity index is 0.000000385. The van der Waals surface area contributed by atoms with Crippen molar-refractivity contribution in [3.63, 3.8) is 0 Å². The molecule has 12 rings (SSSR count). The SMILES string of the molecule is C.C.C.C.C.CC1(C)OB(c2cc(F)c(Cl)cc2F)OC1(C)C.CCOC(=O)c1nn2c(c1Br)OC[C@@H](F)C2.NC1CC1.O=C(NC1CC1)c1nn2c(c1-c1cc(F)c(Cl)cc1F)OC[C@@H](F)C2.O=C(NC1CC1)c1nn2c(c1Br)OC[C@@H](F)C2.[CH3][Al]([CH3])[CH3]. The van der Waals surface area contributed by atoms with Crippen LogP contribution >= 0.6 is 55.1 Å². The monoisotopic (exact) mass is 1450 g/mol. The number of halogens is 11. The molecule has 18 nitrogen and oxygen atoms in total. The third-order valence-electron chi connectivity index (χ3n) is 13.1. The largest absolute Gasteiger partial charge is 0.497 e. The van der Waals surface area contributed by atoms with Crippen LogP contribution in [-0.2, 0) is 33.7 Å². The molecule has 498 valence electrons. The first-order chi connectivity index (χ1) is 39.5. The summed E-state index contributed by atoms with van der Waals surface area (Å²) in [4.78, 5) is 35.8. The van der Waals surface area contributed by atoms with E-state index >= 15 is 0 Å². The van der Waals surface area contributed by atoms with Crippen molar-refractivity contribution in [1.29, 1.82) is 0 Å². The van der Waals surface area contributed by atoms with Gasteiger partial charge in [-0.3, -0.25) is 9.59 Å². The summed E-state index contributed by atoms with van der Waals surface area (Å²) in [7, 11) is -0.929. The number of nitrogens with two attached hydrogens (primary N) is 1. The van der Waals surface area contributed by atoms with Gasteiger partial charge in [-0.15, -0.1) is 17.4 Å². The highest BCUT2D eigenvalue weighted by molar-refractivity contribution is 9.11. The number of ether oxygens (including phenoxy) is 4. The van der Waals surface area contributed by atoms with Crippen LogP contribution in [0.2, 0.25) is 27.4 Å². The van der Waals surface area contributed by atoms with Crippen LogP contribution in [0.3, 0.4) is 0 Å². The van der Waals surface area contributed by atoms with E-state index in [4.69, 9.17) is 57.2 Å². The molecule has 3 aromatic heterocycles. The summed E-state index contributed by atoms with van der Waals surface area (Å²) in [5, 5.41) is 17.0. The third kappa shape index (κ3) is 21.2. The van der Waals surface area contributed by atoms with Crippen LogP contribution in [0.4, 0.5) is 30.7 Å². The van der Waals surface area contributed by atoms with Crippen molar-refractivity contribution in [3.05, 3.63) is 83.6 Å². The molecule has 0 radical (unpaired) electrons. The molecule has 0 bridgehead atoms. The van der Waals surface area contributed by atoms with Crippen LogP contribution in [0.15, 0.2) is 33.2 Å². The van der Waals surface area contributed by atoms with Crippen molar-refractivity contribution < 1.29 is 73.4 Å². The second kappa shape index (κ2) is 34.4. The molecule has 7 aliphatic rings. The van der Waals surface area contributed by atoms with Gasteiger partial charge >= 0.3 is 13.1 Å². The van der Waals surface area contributed by atoms with Gasteiger partial charge < -0.3 is 44.6 Å². The summed E-state index contributed by atoms with van der Waals surface area (Å²) in [6.45, 7) is 9.17. The number of amides is 2. The van der Waals surface area contributed by atoms with Crippen molar-refractivity contribution in [2.75, 3.05) is 26.4 Å². The van der Waals surface area contributed by atoms with E-state index in [1.807, 2.05) is 27.7 Å². The highest BCUT2D eigenvalue weighted by Gasteiger charge is 2.52. The maximum Gasteiger partial charge on any atom is 0.497 e. The molecule has 89 heavy (non-hydrogen) atoms. The molecule has 4 aliphatic heterocycles. The minimum atomic E-state index is -1.30. The molecule has 1 saturated heterocycles. The number of carbonyl (C=O) groups is 3. The van der Waals surface area contributed by atoms with Gasteiger partial charge in [-0.05, 0) is 129 Å². The van der Waals surface area contributed by atoms with Crippen LogP contribution in [0.25, 0.3) is 11.1 Å². The van der Waals surface area contributed by atoms with Gasteiger partial charge in [0.2, 0.25) is 17.6 Å². The predicted molar refractivity (Wildman–Crippen MR) is 342 cm³/mol. The Morgan fingerprint density at radius 1 is 0.640 bits per heavy atom. The van der Waals surface area contributed by atoms with E-state index in [9.17, 15) is 45.1 Å². The predicted octanol–water partition coefficient (Wildman–Crippen LogP) is 13.5. The molecule has 4 fully saturated rings. The number of carbonyl (C=O) groups excluding carboxylic acids is 3. The van der Waals surface area contributed by atoms with E-state index in [0.29, 0.717) is 26.7 Å². The fraction of sp³-hybridized carbons (Fsp3) is 0.586. The zero-order valence-electron chi connectivity index (χ0n) is 47.2. The summed E-state index contributed by atoms with van der Waals surface area (Å²) in [5.74, 6) is 3.44. The fourth-order valence-electron chi connectivity index (χ4n) is 7.66. The summed E-state index contributed by atoms with van der Waals surface area (Å²) in [5.41, 5.74) is 4.10. The van der Waals surface area contributed by atoms with E-state index in [2.05, 4.69) is 75.1 Å². The second-order valence-electron chi connectivity index (χ2n) is 22.1. The summed E-state index contributed by atoms with van der Waals surface area (Å²) >= 11 is 17.4. The highest BCUT2D eigenvalue weighted by atomic mass is 79.9. The van der Waals surface area contributed by atoms with E-state index in [0.717, 1.165) is 54.6 Å². The van der Waals surface area contributed by atoms with Gasteiger partial charge in [-0.2, -0.15) is 15.3 Å². The number of alkyl halides is 3. The Bertz CT molecular complexity index is 3180. The number of hydrogen-bond donors (Lipinski definition) is 3. The van der Waals surface area contributed by atoms with E-state index < -0.39 is 72.0 Å². The van der Waals surface area contributed by atoms with Crippen LogP contribution in [-0.4, -0.2) is 143 Å². The van der Waals surface area contributed by atoms with E-state index in [1.165, 1.54) is 22.2 Å². The topological polar surface area (TPSA) is 210 Å². The smallest absolute Gasteiger partial charge is 0.474 e. The average Bonchev–Trinajstić information content (AvgIpc) is 1.68. The summed E-state index contributed by atoms with van der Waals surface area (Å²) in [6, 6.07) is 4.54. The normalized spacial score (nSPS) is 19.0. The number of nitrogens with zero attached hydrogens (tertiary/aromatic N) is 6. The quantitative estimate of drug-likeness (QED) is 0.0572. The Kier molecular flexibility index (Phi) is 31.1. The zero-order valence-corrected chi connectivity index (χ0v) is 53.1. The molecule has 2 aromatic carbocycles. The Morgan fingerprint density at radius 2 is 1.01 bits per heavy atom. The standard InChI is InChI=1S/C16H13ClF3N3O2.C12H14BClF2O2.C10H11BrFN3O2.C9H10BrFN2O3.C3H7N.5CH4.3CH3.Al/c17-10-4-11(19)9(3-12(10)20)13-14(15(24)21-8-1-2-8)22-23-5-7(18)6-25-16(13)23;1-11(2)12(3,4)18-13(17-11)7-5-10(16)8(14)6-9(7)15;11-7-8(9(16)13-6-1-2-6)14-15-3-5(12)4-17-10(7)15;1-2-15-9(14)7-6(10)8-13(12-7)3-5(11)4-16-8;4-3-1-2-3;;;;;;;;;/h3-4,7-8H,1-2,5-6H2,(H,21,24);5-6H,1-4H3;5-6H,1-4H2,(H,13,16);5H,2-4H2,1H3;3H,1-2,4H2;5*1H4;3*1H3;/t7-;;2*5-;;;;;;;;;;/m0.00........../s1. The molecule has 4 N–H and O–H groups in total.